The zero-order chi connectivity index (χ0) is 34.6. The second-order valence-corrected chi connectivity index (χ2v) is 14.0. The summed E-state index contributed by atoms with van der Waals surface area (Å²) in [6.45, 7) is 4.56. The van der Waals surface area contributed by atoms with Crippen LogP contribution in [0.5, 0.6) is 0 Å². The van der Waals surface area contributed by atoms with Crippen molar-refractivity contribution in [3.63, 3.8) is 0 Å². The van der Waals surface area contributed by atoms with Gasteiger partial charge in [0.25, 0.3) is 0 Å². The van der Waals surface area contributed by atoms with Crippen molar-refractivity contribution in [3.8, 4) is 22.3 Å². The molecule has 0 amide bonds. The van der Waals surface area contributed by atoms with E-state index >= 15 is 0 Å². The number of hydrogen-bond donors (Lipinski definition) is 0. The van der Waals surface area contributed by atoms with Crippen molar-refractivity contribution in [1.82, 2.24) is 0 Å². The third-order valence-electron chi connectivity index (χ3n) is 9.91. The Labute approximate surface area is 304 Å². The molecule has 5 aromatic rings. The lowest BCUT2D eigenvalue weighted by atomic mass is 9.98. The van der Waals surface area contributed by atoms with E-state index in [-0.39, 0.29) is 0 Å². The van der Waals surface area contributed by atoms with Gasteiger partial charge in [-0.2, -0.15) is 0 Å². The van der Waals surface area contributed by atoms with Crippen LogP contribution in [0.1, 0.15) is 124 Å². The van der Waals surface area contributed by atoms with Gasteiger partial charge in [-0.3, -0.25) is 0 Å². The number of aryl methyl sites for hydroxylation is 2. The summed E-state index contributed by atoms with van der Waals surface area (Å²) in [7, 11) is 0. The molecular formula is C50H58. The lowest BCUT2D eigenvalue weighted by molar-refractivity contribution is 0.607. The summed E-state index contributed by atoms with van der Waals surface area (Å²) in [6.07, 6.45) is 27.5. The summed E-state index contributed by atoms with van der Waals surface area (Å²) in [5, 5.41) is 0. The molecule has 0 unspecified atom stereocenters. The van der Waals surface area contributed by atoms with Gasteiger partial charge >= 0.3 is 0 Å². The Morgan fingerprint density at radius 2 is 0.520 bits per heavy atom. The molecule has 0 aliphatic rings. The quantitative estimate of drug-likeness (QED) is 0.0577. The van der Waals surface area contributed by atoms with Gasteiger partial charge in [0.15, 0.2) is 0 Å². The molecular weight excluding hydrogens is 601 g/mol. The van der Waals surface area contributed by atoms with Crippen molar-refractivity contribution >= 4 is 24.3 Å². The van der Waals surface area contributed by atoms with Gasteiger partial charge in [0, 0.05) is 0 Å². The maximum Gasteiger partial charge on any atom is -0.0184 e. The smallest absolute Gasteiger partial charge is 0.0184 e. The monoisotopic (exact) mass is 658 g/mol. The molecule has 0 fully saturated rings. The van der Waals surface area contributed by atoms with Crippen LogP contribution in [0.25, 0.3) is 46.6 Å². The minimum absolute atomic E-state index is 1.19. The fourth-order valence-electron chi connectivity index (χ4n) is 6.62. The molecule has 0 atom stereocenters. The predicted molar refractivity (Wildman–Crippen MR) is 222 cm³/mol. The van der Waals surface area contributed by atoms with Crippen LogP contribution in [0.3, 0.4) is 0 Å². The van der Waals surface area contributed by atoms with E-state index < -0.39 is 0 Å². The third-order valence-corrected chi connectivity index (χ3v) is 9.91. The summed E-state index contributed by atoms with van der Waals surface area (Å²) < 4.78 is 0. The van der Waals surface area contributed by atoms with Gasteiger partial charge in [-0.05, 0) is 81.3 Å². The Kier molecular flexibility index (Phi) is 15.4. The Hall–Kier alpha value is -4.42. The van der Waals surface area contributed by atoms with Gasteiger partial charge in [-0.15, -0.1) is 0 Å². The van der Waals surface area contributed by atoms with Gasteiger partial charge in [-0.25, -0.2) is 0 Å². The highest BCUT2D eigenvalue weighted by Crippen LogP contribution is 2.26. The third kappa shape index (κ3) is 12.5. The van der Waals surface area contributed by atoms with Crippen molar-refractivity contribution in [1.29, 1.82) is 0 Å². The van der Waals surface area contributed by atoms with E-state index in [0.717, 1.165) is 0 Å². The first-order valence-corrected chi connectivity index (χ1v) is 19.5. The SMILES string of the molecule is CCCCCCCCc1ccc(C=Cc2ccc(-c3ccc(-c4ccc(C=Cc5ccc(CCCCCCCC)cc5)cc4)cc3)cc2)cc1. The molecule has 0 N–H and O–H groups in total. The average molecular weight is 659 g/mol. The molecule has 5 aromatic carbocycles. The lowest BCUT2D eigenvalue weighted by Gasteiger charge is -2.06. The van der Waals surface area contributed by atoms with Gasteiger partial charge in [0.05, 0.1) is 0 Å². The summed E-state index contributed by atoms with van der Waals surface area (Å²) >= 11 is 0. The highest BCUT2D eigenvalue weighted by Gasteiger charge is 2.02. The average Bonchev–Trinajstić information content (AvgIpc) is 3.17. The maximum atomic E-state index is 2.29. The number of unbranched alkanes of at least 4 members (excludes halogenated alkanes) is 10. The first-order valence-electron chi connectivity index (χ1n) is 19.5. The summed E-state index contributed by atoms with van der Waals surface area (Å²) in [4.78, 5) is 0. The highest BCUT2D eigenvalue weighted by molar-refractivity contribution is 5.75. The number of benzene rings is 5. The van der Waals surface area contributed by atoms with Crippen molar-refractivity contribution in [2.45, 2.75) is 104 Å². The molecule has 0 heterocycles. The van der Waals surface area contributed by atoms with Crippen molar-refractivity contribution in [2.75, 3.05) is 0 Å². The van der Waals surface area contributed by atoms with E-state index in [9.17, 15) is 0 Å². The number of hydrogen-bond acceptors (Lipinski definition) is 0. The van der Waals surface area contributed by atoms with E-state index in [1.807, 2.05) is 0 Å². The van der Waals surface area contributed by atoms with E-state index in [0.29, 0.717) is 0 Å². The standard InChI is InChI=1S/C50H58/c1-3-5-7-9-11-13-15-41-17-21-43(22-18-41)25-27-45-29-33-47(34-30-45)49-37-39-50(40-38-49)48-35-31-46(32-36-48)28-26-44-23-19-42(20-24-44)16-14-12-10-8-6-4-2/h17-40H,3-16H2,1-2H3. The first kappa shape index (κ1) is 36.9. The van der Waals surface area contributed by atoms with E-state index in [1.165, 1.54) is 146 Å². The van der Waals surface area contributed by atoms with Crippen LogP contribution >= 0.6 is 0 Å². The van der Waals surface area contributed by atoms with Gasteiger partial charge < -0.3 is 0 Å². The van der Waals surface area contributed by atoms with E-state index in [1.54, 1.807) is 0 Å². The molecule has 0 radical (unpaired) electrons. The first-order chi connectivity index (χ1) is 24.7. The molecule has 0 bridgehead atoms. The molecule has 0 saturated heterocycles. The Morgan fingerprint density at radius 1 is 0.280 bits per heavy atom. The van der Waals surface area contributed by atoms with Crippen LogP contribution in [-0.4, -0.2) is 0 Å². The van der Waals surface area contributed by atoms with Crippen LogP contribution in [0.4, 0.5) is 0 Å². The predicted octanol–water partition coefficient (Wildman–Crippen LogP) is 15.2. The zero-order valence-corrected chi connectivity index (χ0v) is 30.8. The second-order valence-electron chi connectivity index (χ2n) is 14.0. The largest absolute Gasteiger partial charge is 0.0654 e. The minimum atomic E-state index is 1.19. The summed E-state index contributed by atoms with van der Waals surface area (Å²) in [5.41, 5.74) is 12.8. The molecule has 0 aliphatic carbocycles. The van der Waals surface area contributed by atoms with Gasteiger partial charge in [-0.1, -0.05) is 224 Å². The van der Waals surface area contributed by atoms with Crippen LogP contribution in [0.15, 0.2) is 121 Å². The molecule has 258 valence electrons. The van der Waals surface area contributed by atoms with Crippen molar-refractivity contribution < 1.29 is 0 Å². The molecule has 0 saturated carbocycles. The lowest BCUT2D eigenvalue weighted by Crippen LogP contribution is -1.86. The van der Waals surface area contributed by atoms with E-state index in [2.05, 4.69) is 159 Å². The topological polar surface area (TPSA) is 0 Å². The summed E-state index contributed by atoms with van der Waals surface area (Å²) in [6, 6.07) is 44.9. The molecule has 5 rings (SSSR count). The Morgan fingerprint density at radius 3 is 0.820 bits per heavy atom. The molecule has 0 nitrogen and oxygen atoms in total. The Balaban J connectivity index is 1.07. The maximum absolute atomic E-state index is 2.29. The fourth-order valence-corrected chi connectivity index (χ4v) is 6.62. The molecule has 0 aliphatic heterocycles. The molecule has 0 spiro atoms. The van der Waals surface area contributed by atoms with Crippen LogP contribution in [-0.2, 0) is 12.8 Å². The van der Waals surface area contributed by atoms with Crippen LogP contribution < -0.4 is 0 Å². The normalized spacial score (nSPS) is 11.6. The molecule has 0 heteroatoms. The fraction of sp³-hybridized carbons (Fsp3) is 0.320. The Bertz CT molecular complexity index is 1570. The van der Waals surface area contributed by atoms with Crippen molar-refractivity contribution in [3.05, 3.63) is 155 Å². The van der Waals surface area contributed by atoms with Gasteiger partial charge in [0.2, 0.25) is 0 Å². The van der Waals surface area contributed by atoms with E-state index in [4.69, 9.17) is 0 Å². The van der Waals surface area contributed by atoms with Crippen LogP contribution in [0, 0.1) is 0 Å². The number of rotatable bonds is 20. The molecule has 0 aromatic heterocycles. The summed E-state index contributed by atoms with van der Waals surface area (Å²) in [5.74, 6) is 0. The van der Waals surface area contributed by atoms with Crippen molar-refractivity contribution in [2.24, 2.45) is 0 Å². The minimum Gasteiger partial charge on any atom is -0.0654 e. The zero-order valence-electron chi connectivity index (χ0n) is 30.8. The van der Waals surface area contributed by atoms with Crippen LogP contribution in [0.2, 0.25) is 0 Å². The van der Waals surface area contributed by atoms with Gasteiger partial charge in [0.1, 0.15) is 0 Å². The highest BCUT2D eigenvalue weighted by atomic mass is 14.1. The molecule has 50 heavy (non-hydrogen) atoms. The second kappa shape index (κ2) is 20.9.